The summed E-state index contributed by atoms with van der Waals surface area (Å²) >= 11 is 0. The second-order valence-corrected chi connectivity index (χ2v) is 10.6. The SMILES string of the molecule is CS(=O)(=O)N(Cc1ccc(C(=O)N2CCN(C/C=C/c3ccccc3)CC2)cc1)c1ccccc1. The van der Waals surface area contributed by atoms with Crippen molar-refractivity contribution in [1.29, 1.82) is 0 Å². The highest BCUT2D eigenvalue weighted by molar-refractivity contribution is 7.92. The summed E-state index contributed by atoms with van der Waals surface area (Å²) in [5.41, 5.74) is 3.25. The Labute approximate surface area is 208 Å². The average molecular weight is 490 g/mol. The summed E-state index contributed by atoms with van der Waals surface area (Å²) in [6, 6.07) is 26.5. The maximum atomic E-state index is 13.0. The highest BCUT2D eigenvalue weighted by Gasteiger charge is 2.22. The highest BCUT2D eigenvalue weighted by atomic mass is 32.2. The first-order valence-corrected chi connectivity index (χ1v) is 13.6. The van der Waals surface area contributed by atoms with Crippen LogP contribution in [0.4, 0.5) is 5.69 Å². The molecule has 7 heteroatoms. The second-order valence-electron chi connectivity index (χ2n) is 8.71. The van der Waals surface area contributed by atoms with Gasteiger partial charge in [0.2, 0.25) is 10.0 Å². The third kappa shape index (κ3) is 6.81. The molecule has 0 unspecified atom stereocenters. The largest absolute Gasteiger partial charge is 0.336 e. The molecule has 0 bridgehead atoms. The monoisotopic (exact) mass is 489 g/mol. The van der Waals surface area contributed by atoms with E-state index in [0.717, 1.165) is 25.2 Å². The van der Waals surface area contributed by atoms with Crippen molar-refractivity contribution in [2.24, 2.45) is 0 Å². The molecule has 1 aliphatic rings. The van der Waals surface area contributed by atoms with Crippen LogP contribution in [0.15, 0.2) is 91.0 Å². The van der Waals surface area contributed by atoms with E-state index < -0.39 is 10.0 Å². The van der Waals surface area contributed by atoms with Gasteiger partial charge in [-0.1, -0.05) is 72.8 Å². The molecule has 0 aliphatic carbocycles. The van der Waals surface area contributed by atoms with Crippen molar-refractivity contribution in [3.8, 4) is 0 Å². The van der Waals surface area contributed by atoms with Crippen molar-refractivity contribution in [2.45, 2.75) is 6.54 Å². The number of hydrogen-bond acceptors (Lipinski definition) is 4. The number of piperazine rings is 1. The van der Waals surface area contributed by atoms with Gasteiger partial charge in [-0.15, -0.1) is 0 Å². The van der Waals surface area contributed by atoms with Gasteiger partial charge in [-0.3, -0.25) is 14.0 Å². The van der Waals surface area contributed by atoms with Crippen molar-refractivity contribution in [3.63, 3.8) is 0 Å². The lowest BCUT2D eigenvalue weighted by Crippen LogP contribution is -2.48. The zero-order valence-corrected chi connectivity index (χ0v) is 20.8. The van der Waals surface area contributed by atoms with Gasteiger partial charge in [0.15, 0.2) is 0 Å². The van der Waals surface area contributed by atoms with Crippen LogP contribution in [-0.2, 0) is 16.6 Å². The zero-order valence-electron chi connectivity index (χ0n) is 20.0. The number of benzene rings is 3. The van der Waals surface area contributed by atoms with Gasteiger partial charge in [0.1, 0.15) is 0 Å². The number of rotatable bonds is 8. The quantitative estimate of drug-likeness (QED) is 0.478. The van der Waals surface area contributed by atoms with Crippen molar-refractivity contribution < 1.29 is 13.2 Å². The molecule has 0 saturated carbocycles. The van der Waals surface area contributed by atoms with Gasteiger partial charge < -0.3 is 4.90 Å². The van der Waals surface area contributed by atoms with E-state index in [1.165, 1.54) is 16.1 Å². The minimum Gasteiger partial charge on any atom is -0.336 e. The molecule has 6 nitrogen and oxygen atoms in total. The highest BCUT2D eigenvalue weighted by Crippen LogP contribution is 2.20. The normalized spacial score (nSPS) is 14.8. The minimum atomic E-state index is -3.44. The number of carbonyl (C=O) groups is 1. The Morgan fingerprint density at radius 2 is 1.46 bits per heavy atom. The number of sulfonamides is 1. The van der Waals surface area contributed by atoms with Crippen LogP contribution >= 0.6 is 0 Å². The average Bonchev–Trinajstić information content (AvgIpc) is 2.88. The van der Waals surface area contributed by atoms with Crippen LogP contribution in [0.2, 0.25) is 0 Å². The van der Waals surface area contributed by atoms with Crippen LogP contribution in [0, 0.1) is 0 Å². The first-order chi connectivity index (χ1) is 16.9. The van der Waals surface area contributed by atoms with Gasteiger partial charge in [-0.05, 0) is 35.4 Å². The standard InChI is InChI=1S/C28H31N3O3S/c1-35(33,34)31(27-12-6-3-7-13-27)23-25-14-16-26(17-15-25)28(32)30-21-19-29(20-22-30)18-8-11-24-9-4-2-5-10-24/h2-17H,18-23H2,1H3/b11-8+. The molecule has 0 spiro atoms. The number of anilines is 1. The molecule has 1 heterocycles. The Hall–Kier alpha value is -3.42. The van der Waals surface area contributed by atoms with Crippen LogP contribution in [0.5, 0.6) is 0 Å². The van der Waals surface area contributed by atoms with Crippen LogP contribution in [0.1, 0.15) is 21.5 Å². The predicted molar refractivity (Wildman–Crippen MR) is 142 cm³/mol. The van der Waals surface area contributed by atoms with E-state index in [-0.39, 0.29) is 12.5 Å². The Balaban J connectivity index is 1.31. The van der Waals surface area contributed by atoms with E-state index >= 15 is 0 Å². The van der Waals surface area contributed by atoms with Gasteiger partial charge in [0.25, 0.3) is 5.91 Å². The van der Waals surface area contributed by atoms with Crippen LogP contribution in [0.25, 0.3) is 6.08 Å². The third-order valence-corrected chi connectivity index (χ3v) is 7.25. The molecule has 3 aromatic rings. The molecular weight excluding hydrogens is 458 g/mol. The fraction of sp³-hybridized carbons (Fsp3) is 0.250. The molecule has 3 aromatic carbocycles. The Bertz CT molecular complexity index is 1240. The number of hydrogen-bond donors (Lipinski definition) is 0. The number of carbonyl (C=O) groups excluding carboxylic acids is 1. The summed E-state index contributed by atoms with van der Waals surface area (Å²) in [5.74, 6) is 0.0130. The zero-order chi connectivity index (χ0) is 24.7. The van der Waals surface area contributed by atoms with Crippen LogP contribution in [0.3, 0.4) is 0 Å². The second kappa shape index (κ2) is 11.3. The molecule has 4 rings (SSSR count). The van der Waals surface area contributed by atoms with E-state index in [2.05, 4.69) is 29.2 Å². The molecule has 1 fully saturated rings. The Morgan fingerprint density at radius 3 is 2.06 bits per heavy atom. The molecule has 0 atom stereocenters. The topological polar surface area (TPSA) is 60.9 Å². The summed E-state index contributed by atoms with van der Waals surface area (Å²) in [6.45, 7) is 4.13. The van der Waals surface area contributed by atoms with E-state index in [1.807, 2.05) is 53.4 Å². The Kier molecular flexibility index (Phi) is 8.00. The minimum absolute atomic E-state index is 0.0130. The fourth-order valence-corrected chi connectivity index (χ4v) is 5.02. The number of para-hydroxylation sites is 1. The van der Waals surface area contributed by atoms with Gasteiger partial charge in [-0.25, -0.2) is 8.42 Å². The van der Waals surface area contributed by atoms with Crippen molar-refractivity contribution >= 4 is 27.7 Å². The molecule has 1 saturated heterocycles. The van der Waals surface area contributed by atoms with Crippen molar-refractivity contribution in [3.05, 3.63) is 108 Å². The summed E-state index contributed by atoms with van der Waals surface area (Å²) in [7, 11) is -3.44. The van der Waals surface area contributed by atoms with Crippen molar-refractivity contribution in [1.82, 2.24) is 9.80 Å². The molecule has 0 radical (unpaired) electrons. The Morgan fingerprint density at radius 1 is 0.857 bits per heavy atom. The molecule has 35 heavy (non-hydrogen) atoms. The smallest absolute Gasteiger partial charge is 0.253 e. The first kappa shape index (κ1) is 24.7. The third-order valence-electron chi connectivity index (χ3n) is 6.10. The van der Waals surface area contributed by atoms with Crippen LogP contribution in [-0.4, -0.2) is 63.1 Å². The van der Waals surface area contributed by atoms with Gasteiger partial charge in [-0.2, -0.15) is 0 Å². The summed E-state index contributed by atoms with van der Waals surface area (Å²) in [5, 5.41) is 0. The molecule has 0 N–H and O–H groups in total. The number of nitrogens with zero attached hydrogens (tertiary/aromatic N) is 3. The first-order valence-electron chi connectivity index (χ1n) is 11.7. The van der Waals surface area contributed by atoms with Gasteiger partial charge in [0.05, 0.1) is 18.5 Å². The maximum Gasteiger partial charge on any atom is 0.253 e. The van der Waals surface area contributed by atoms with Gasteiger partial charge in [0, 0.05) is 38.3 Å². The van der Waals surface area contributed by atoms with E-state index in [9.17, 15) is 13.2 Å². The molecular formula is C28H31N3O3S. The number of amides is 1. The lowest BCUT2D eigenvalue weighted by molar-refractivity contribution is 0.0650. The lowest BCUT2D eigenvalue weighted by atomic mass is 10.1. The summed E-state index contributed by atoms with van der Waals surface area (Å²) in [6.07, 6.45) is 5.50. The van der Waals surface area contributed by atoms with Gasteiger partial charge >= 0.3 is 0 Å². The van der Waals surface area contributed by atoms with E-state index in [0.29, 0.717) is 24.3 Å². The predicted octanol–water partition coefficient (Wildman–Crippen LogP) is 4.12. The molecule has 1 aliphatic heterocycles. The molecule has 1 amide bonds. The molecule has 0 aromatic heterocycles. The lowest BCUT2D eigenvalue weighted by Gasteiger charge is -2.34. The van der Waals surface area contributed by atoms with E-state index in [1.54, 1.807) is 24.3 Å². The van der Waals surface area contributed by atoms with Crippen molar-refractivity contribution in [2.75, 3.05) is 43.3 Å². The fourth-order valence-electron chi connectivity index (χ4n) is 4.13. The van der Waals surface area contributed by atoms with Crippen LogP contribution < -0.4 is 4.31 Å². The summed E-state index contributed by atoms with van der Waals surface area (Å²) in [4.78, 5) is 17.2. The maximum absolute atomic E-state index is 13.0. The molecule has 182 valence electrons. The van der Waals surface area contributed by atoms with E-state index in [4.69, 9.17) is 0 Å². The summed E-state index contributed by atoms with van der Waals surface area (Å²) < 4.78 is 26.0.